The van der Waals surface area contributed by atoms with Crippen LogP contribution in [0.5, 0.6) is 0 Å². The van der Waals surface area contributed by atoms with Crippen LogP contribution in [0.1, 0.15) is 28.1 Å². The van der Waals surface area contributed by atoms with E-state index in [0.29, 0.717) is 19.5 Å². The van der Waals surface area contributed by atoms with Crippen molar-refractivity contribution in [3.63, 3.8) is 0 Å². The summed E-state index contributed by atoms with van der Waals surface area (Å²) in [6.45, 7) is 6.76. The average Bonchev–Trinajstić information content (AvgIpc) is 2.95. The molecule has 5 heteroatoms. The topological polar surface area (TPSA) is 69.2 Å². The van der Waals surface area contributed by atoms with Gasteiger partial charge in [-0.3, -0.25) is 4.79 Å². The van der Waals surface area contributed by atoms with E-state index in [9.17, 15) is 9.90 Å². The number of rotatable bonds is 6. The second-order valence-electron chi connectivity index (χ2n) is 5.63. The zero-order valence-corrected chi connectivity index (χ0v) is 13.4. The molecule has 0 saturated carbocycles. The van der Waals surface area contributed by atoms with Crippen LogP contribution in [0.3, 0.4) is 0 Å². The van der Waals surface area contributed by atoms with Gasteiger partial charge in [-0.1, -0.05) is 17.7 Å². The standard InChI is InChI=1S/C17H23N3O2/c1-12-8-13(2)15(14(3)9-12)10-17(22)20(6-7-21)11-16-18-4-5-19-16/h4-5,8-9,21H,6-7,10-11H2,1-3H3,(H,18,19). The van der Waals surface area contributed by atoms with E-state index in [4.69, 9.17) is 0 Å². The first kappa shape index (κ1) is 16.2. The highest BCUT2D eigenvalue weighted by Crippen LogP contribution is 2.18. The van der Waals surface area contributed by atoms with Crippen LogP contribution < -0.4 is 0 Å². The Hall–Kier alpha value is -2.14. The third kappa shape index (κ3) is 3.95. The molecule has 0 radical (unpaired) electrons. The summed E-state index contributed by atoms with van der Waals surface area (Å²) in [5.74, 6) is 0.722. The minimum atomic E-state index is -0.0572. The quantitative estimate of drug-likeness (QED) is 0.856. The molecule has 118 valence electrons. The molecule has 22 heavy (non-hydrogen) atoms. The summed E-state index contributed by atoms with van der Waals surface area (Å²) < 4.78 is 0. The predicted octanol–water partition coefficient (Wildman–Crippen LogP) is 1.90. The fourth-order valence-electron chi connectivity index (χ4n) is 2.73. The lowest BCUT2D eigenvalue weighted by atomic mass is 9.97. The number of aliphatic hydroxyl groups is 1. The Balaban J connectivity index is 2.14. The third-order valence-electron chi connectivity index (χ3n) is 3.79. The van der Waals surface area contributed by atoms with Crippen molar-refractivity contribution in [1.29, 1.82) is 0 Å². The van der Waals surface area contributed by atoms with Crippen LogP contribution in [-0.4, -0.2) is 39.0 Å². The zero-order chi connectivity index (χ0) is 16.1. The van der Waals surface area contributed by atoms with Crippen molar-refractivity contribution < 1.29 is 9.90 Å². The van der Waals surface area contributed by atoms with Crippen LogP contribution in [0, 0.1) is 20.8 Å². The molecule has 0 aliphatic heterocycles. The Bertz CT molecular complexity index is 612. The maximum absolute atomic E-state index is 12.6. The van der Waals surface area contributed by atoms with Crippen LogP contribution in [0.2, 0.25) is 0 Å². The number of aryl methyl sites for hydroxylation is 3. The molecule has 1 amide bonds. The van der Waals surface area contributed by atoms with Crippen molar-refractivity contribution in [2.24, 2.45) is 0 Å². The van der Waals surface area contributed by atoms with E-state index in [1.807, 2.05) is 13.8 Å². The van der Waals surface area contributed by atoms with Gasteiger partial charge in [-0.2, -0.15) is 0 Å². The van der Waals surface area contributed by atoms with Gasteiger partial charge in [0, 0.05) is 18.9 Å². The number of amides is 1. The smallest absolute Gasteiger partial charge is 0.227 e. The Morgan fingerprint density at radius 3 is 2.50 bits per heavy atom. The van der Waals surface area contributed by atoms with Crippen LogP contribution in [0.4, 0.5) is 0 Å². The number of aliphatic hydroxyl groups excluding tert-OH is 1. The molecule has 1 aromatic heterocycles. The number of aromatic amines is 1. The number of H-pyrrole nitrogens is 1. The van der Waals surface area contributed by atoms with E-state index >= 15 is 0 Å². The van der Waals surface area contributed by atoms with Gasteiger partial charge in [0.25, 0.3) is 0 Å². The zero-order valence-electron chi connectivity index (χ0n) is 13.4. The van der Waals surface area contributed by atoms with Gasteiger partial charge in [-0.05, 0) is 37.5 Å². The molecule has 2 rings (SSSR count). The highest BCUT2D eigenvalue weighted by atomic mass is 16.3. The first-order valence-corrected chi connectivity index (χ1v) is 7.45. The van der Waals surface area contributed by atoms with Crippen molar-refractivity contribution >= 4 is 5.91 Å². The van der Waals surface area contributed by atoms with E-state index < -0.39 is 0 Å². The average molecular weight is 301 g/mol. The molecule has 0 aliphatic rings. The van der Waals surface area contributed by atoms with Crippen LogP contribution in [0.25, 0.3) is 0 Å². The molecule has 0 unspecified atom stereocenters. The Morgan fingerprint density at radius 2 is 1.95 bits per heavy atom. The van der Waals surface area contributed by atoms with Crippen molar-refractivity contribution in [2.75, 3.05) is 13.2 Å². The van der Waals surface area contributed by atoms with Gasteiger partial charge < -0.3 is 15.0 Å². The number of nitrogens with one attached hydrogen (secondary N) is 1. The number of nitrogens with zero attached hydrogens (tertiary/aromatic N) is 2. The number of carbonyl (C=O) groups is 1. The van der Waals surface area contributed by atoms with Gasteiger partial charge in [0.2, 0.25) is 5.91 Å². The van der Waals surface area contributed by atoms with Crippen LogP contribution in [-0.2, 0) is 17.8 Å². The lowest BCUT2D eigenvalue weighted by Gasteiger charge is -2.22. The molecule has 0 atom stereocenters. The van der Waals surface area contributed by atoms with E-state index in [-0.39, 0.29) is 12.5 Å². The summed E-state index contributed by atoms with van der Waals surface area (Å²) in [5, 5.41) is 9.20. The van der Waals surface area contributed by atoms with Gasteiger partial charge in [-0.25, -0.2) is 4.98 Å². The molecule has 2 N–H and O–H groups in total. The van der Waals surface area contributed by atoms with Gasteiger partial charge in [-0.15, -0.1) is 0 Å². The normalized spacial score (nSPS) is 10.7. The van der Waals surface area contributed by atoms with Crippen molar-refractivity contribution in [3.05, 3.63) is 52.6 Å². The minimum Gasteiger partial charge on any atom is -0.395 e. The molecule has 0 fully saturated rings. The molecule has 0 aliphatic carbocycles. The fraction of sp³-hybridized carbons (Fsp3) is 0.412. The minimum absolute atomic E-state index is 0.000466. The fourth-order valence-corrected chi connectivity index (χ4v) is 2.73. The molecule has 0 saturated heterocycles. The van der Waals surface area contributed by atoms with E-state index in [0.717, 1.165) is 22.5 Å². The molecule has 0 bridgehead atoms. The largest absolute Gasteiger partial charge is 0.395 e. The van der Waals surface area contributed by atoms with Gasteiger partial charge in [0.15, 0.2) is 0 Å². The molecule has 2 aromatic rings. The number of benzene rings is 1. The van der Waals surface area contributed by atoms with Gasteiger partial charge in [0.1, 0.15) is 5.82 Å². The Kier molecular flexibility index (Phi) is 5.33. The molecular formula is C17H23N3O2. The summed E-state index contributed by atoms with van der Waals surface area (Å²) >= 11 is 0. The number of carbonyl (C=O) groups excluding carboxylic acids is 1. The van der Waals surface area contributed by atoms with Crippen molar-refractivity contribution in [2.45, 2.75) is 33.7 Å². The highest BCUT2D eigenvalue weighted by Gasteiger charge is 2.17. The predicted molar refractivity (Wildman–Crippen MR) is 85.4 cm³/mol. The SMILES string of the molecule is Cc1cc(C)c(CC(=O)N(CCO)Cc2ncc[nH]2)c(C)c1. The second-order valence-corrected chi connectivity index (χ2v) is 5.63. The van der Waals surface area contributed by atoms with Crippen molar-refractivity contribution in [1.82, 2.24) is 14.9 Å². The summed E-state index contributed by atoms with van der Waals surface area (Å²) in [4.78, 5) is 21.4. The summed E-state index contributed by atoms with van der Waals surface area (Å²) in [6.07, 6.45) is 3.73. The van der Waals surface area contributed by atoms with Crippen LogP contribution >= 0.6 is 0 Å². The Labute approximate surface area is 131 Å². The lowest BCUT2D eigenvalue weighted by molar-refractivity contribution is -0.131. The van der Waals surface area contributed by atoms with E-state index in [1.54, 1.807) is 17.3 Å². The maximum atomic E-state index is 12.6. The first-order chi connectivity index (χ1) is 10.5. The first-order valence-electron chi connectivity index (χ1n) is 7.45. The lowest BCUT2D eigenvalue weighted by Crippen LogP contribution is -2.34. The van der Waals surface area contributed by atoms with Gasteiger partial charge in [0.05, 0.1) is 19.6 Å². The maximum Gasteiger partial charge on any atom is 0.227 e. The summed E-state index contributed by atoms with van der Waals surface area (Å²) in [7, 11) is 0. The third-order valence-corrected chi connectivity index (χ3v) is 3.79. The summed E-state index contributed by atoms with van der Waals surface area (Å²) in [6, 6.07) is 4.19. The second kappa shape index (κ2) is 7.22. The molecule has 1 aromatic carbocycles. The molecule has 1 heterocycles. The molecule has 0 spiro atoms. The monoisotopic (exact) mass is 301 g/mol. The van der Waals surface area contributed by atoms with E-state index in [2.05, 4.69) is 29.0 Å². The van der Waals surface area contributed by atoms with Gasteiger partial charge >= 0.3 is 0 Å². The number of aromatic nitrogens is 2. The Morgan fingerprint density at radius 1 is 1.27 bits per heavy atom. The van der Waals surface area contributed by atoms with Crippen molar-refractivity contribution in [3.8, 4) is 0 Å². The molecule has 5 nitrogen and oxygen atoms in total. The number of hydrogen-bond acceptors (Lipinski definition) is 3. The molecular weight excluding hydrogens is 278 g/mol. The number of imidazole rings is 1. The van der Waals surface area contributed by atoms with E-state index in [1.165, 1.54) is 5.56 Å². The van der Waals surface area contributed by atoms with Crippen LogP contribution in [0.15, 0.2) is 24.5 Å². The highest BCUT2D eigenvalue weighted by molar-refractivity contribution is 5.79. The summed E-state index contributed by atoms with van der Waals surface area (Å²) in [5.41, 5.74) is 4.53. The number of hydrogen-bond donors (Lipinski definition) is 2.